The van der Waals surface area contributed by atoms with Crippen molar-refractivity contribution in [2.24, 2.45) is 0 Å². The minimum atomic E-state index is -0.567. The maximum absolute atomic E-state index is 12.2. The molecule has 1 aliphatic rings. The molecule has 0 spiro atoms. The zero-order valence-corrected chi connectivity index (χ0v) is 12.7. The normalized spacial score (nSPS) is 16.4. The highest BCUT2D eigenvalue weighted by Crippen LogP contribution is 2.29. The van der Waals surface area contributed by atoms with Gasteiger partial charge in [-0.15, -0.1) is 0 Å². The van der Waals surface area contributed by atoms with Crippen molar-refractivity contribution in [1.82, 2.24) is 4.90 Å². The number of carbonyl (C=O) groups is 3. The second-order valence-corrected chi connectivity index (χ2v) is 5.58. The number of hydrogen-bond acceptors (Lipinski definition) is 5. The van der Waals surface area contributed by atoms with Crippen LogP contribution in [0.4, 0.5) is 0 Å². The minimum absolute atomic E-state index is 0.154. The van der Waals surface area contributed by atoms with Gasteiger partial charge in [-0.25, -0.2) is 4.79 Å². The van der Waals surface area contributed by atoms with Gasteiger partial charge in [0.2, 0.25) is 5.91 Å². The van der Waals surface area contributed by atoms with Gasteiger partial charge in [-0.2, -0.15) is 0 Å². The average Bonchev–Trinajstić information content (AvgIpc) is 2.80. The molecule has 7 heteroatoms. The number of halogens is 1. The van der Waals surface area contributed by atoms with Crippen LogP contribution in [0.3, 0.4) is 0 Å². The number of nitrogens with zero attached hydrogens (tertiary/aromatic N) is 1. The predicted octanol–water partition coefficient (Wildman–Crippen LogP) is 2.11. The van der Waals surface area contributed by atoms with Gasteiger partial charge in [-0.05, 0) is 12.1 Å². The van der Waals surface area contributed by atoms with Crippen LogP contribution >= 0.6 is 23.4 Å². The van der Waals surface area contributed by atoms with Crippen LogP contribution in [0.15, 0.2) is 35.4 Å². The topological polar surface area (TPSA) is 63.7 Å². The molecule has 1 saturated heterocycles. The number of carbonyl (C=O) groups excluding carboxylic acids is 3. The summed E-state index contributed by atoms with van der Waals surface area (Å²) in [6, 6.07) is 6.63. The minimum Gasteiger partial charge on any atom is -0.466 e. The van der Waals surface area contributed by atoms with Crippen molar-refractivity contribution >= 4 is 41.0 Å². The monoisotopic (exact) mass is 325 g/mol. The van der Waals surface area contributed by atoms with Crippen LogP contribution in [-0.4, -0.2) is 42.0 Å². The molecule has 1 amide bonds. The highest BCUT2D eigenvalue weighted by Gasteiger charge is 2.29. The summed E-state index contributed by atoms with van der Waals surface area (Å²) in [6.45, 7) is -0.154. The summed E-state index contributed by atoms with van der Waals surface area (Å²) in [4.78, 5) is 36.6. The Balaban J connectivity index is 2.18. The second kappa shape index (κ2) is 6.78. The highest BCUT2D eigenvalue weighted by atomic mass is 35.5. The van der Waals surface area contributed by atoms with Gasteiger partial charge in [0.05, 0.1) is 35.5 Å². The number of amides is 1. The molecule has 0 N–H and O–H groups in total. The van der Waals surface area contributed by atoms with Crippen molar-refractivity contribution in [1.29, 1.82) is 0 Å². The third-order valence-corrected chi connectivity index (χ3v) is 4.18. The molecule has 0 bridgehead atoms. The smallest absolute Gasteiger partial charge is 0.333 e. The zero-order chi connectivity index (χ0) is 15.4. The molecular weight excluding hydrogens is 314 g/mol. The third kappa shape index (κ3) is 3.65. The van der Waals surface area contributed by atoms with Crippen LogP contribution in [0.5, 0.6) is 0 Å². The van der Waals surface area contributed by atoms with Crippen molar-refractivity contribution in [2.45, 2.75) is 0 Å². The molecular formula is C14H12ClNO4S. The Morgan fingerprint density at radius 1 is 1.43 bits per heavy atom. The van der Waals surface area contributed by atoms with E-state index in [0.29, 0.717) is 15.6 Å². The number of rotatable bonds is 4. The van der Waals surface area contributed by atoms with E-state index in [1.165, 1.54) is 29.8 Å². The van der Waals surface area contributed by atoms with E-state index in [-0.39, 0.29) is 24.0 Å². The van der Waals surface area contributed by atoms with Crippen molar-refractivity contribution in [3.8, 4) is 0 Å². The van der Waals surface area contributed by atoms with Crippen LogP contribution in [0.1, 0.15) is 10.4 Å². The van der Waals surface area contributed by atoms with Crippen LogP contribution in [0.25, 0.3) is 0 Å². The van der Waals surface area contributed by atoms with E-state index in [0.717, 1.165) is 0 Å². The van der Waals surface area contributed by atoms with Gasteiger partial charge in [0.1, 0.15) is 0 Å². The maximum atomic E-state index is 12.2. The molecule has 1 aromatic carbocycles. The lowest BCUT2D eigenvalue weighted by atomic mass is 10.1. The molecule has 0 atom stereocenters. The Morgan fingerprint density at radius 2 is 2.14 bits per heavy atom. The third-order valence-electron chi connectivity index (χ3n) is 2.83. The molecule has 21 heavy (non-hydrogen) atoms. The van der Waals surface area contributed by atoms with Crippen molar-refractivity contribution in [2.75, 3.05) is 19.4 Å². The molecule has 0 aromatic heterocycles. The number of thioether (sulfide) groups is 1. The first-order valence-corrected chi connectivity index (χ1v) is 7.40. The van der Waals surface area contributed by atoms with E-state index in [1.54, 1.807) is 24.3 Å². The summed E-state index contributed by atoms with van der Waals surface area (Å²) in [7, 11) is 1.25. The number of ether oxygens (including phenoxy) is 1. The fourth-order valence-electron chi connectivity index (χ4n) is 1.78. The molecule has 1 aromatic rings. The Labute approximate surface area is 130 Å². The first kappa shape index (κ1) is 15.6. The van der Waals surface area contributed by atoms with Crippen molar-refractivity contribution in [3.05, 3.63) is 46.0 Å². The van der Waals surface area contributed by atoms with E-state index < -0.39 is 5.97 Å². The summed E-state index contributed by atoms with van der Waals surface area (Å²) in [6.07, 6.45) is 1.20. The zero-order valence-electron chi connectivity index (χ0n) is 11.2. The molecule has 0 radical (unpaired) electrons. The fraction of sp³-hybridized carbons (Fsp3) is 0.214. The summed E-state index contributed by atoms with van der Waals surface area (Å²) >= 11 is 7.16. The first-order valence-electron chi connectivity index (χ1n) is 6.03. The SMILES string of the molecule is COC(=O)/C=C1/SCC(=O)N1CC(=O)c1ccccc1Cl. The molecule has 0 aliphatic carbocycles. The Hall–Kier alpha value is -1.79. The van der Waals surface area contributed by atoms with Gasteiger partial charge in [0.25, 0.3) is 0 Å². The fourth-order valence-corrected chi connectivity index (χ4v) is 2.95. The van der Waals surface area contributed by atoms with Crippen LogP contribution < -0.4 is 0 Å². The molecule has 1 fully saturated rings. The van der Waals surface area contributed by atoms with Gasteiger partial charge in [-0.3, -0.25) is 14.5 Å². The summed E-state index contributed by atoms with van der Waals surface area (Å²) in [5.41, 5.74) is 0.348. The van der Waals surface area contributed by atoms with E-state index >= 15 is 0 Å². The maximum Gasteiger partial charge on any atom is 0.333 e. The van der Waals surface area contributed by atoms with E-state index in [2.05, 4.69) is 4.74 Å². The molecule has 0 saturated carbocycles. The number of esters is 1. The van der Waals surface area contributed by atoms with Gasteiger partial charge in [-0.1, -0.05) is 35.5 Å². The molecule has 1 heterocycles. The number of benzene rings is 1. The summed E-state index contributed by atoms with van der Waals surface area (Å²) < 4.78 is 4.53. The number of ketones is 1. The van der Waals surface area contributed by atoms with Crippen LogP contribution in [0, 0.1) is 0 Å². The average molecular weight is 326 g/mol. The predicted molar refractivity (Wildman–Crippen MR) is 80.1 cm³/mol. The van der Waals surface area contributed by atoms with Crippen LogP contribution in [-0.2, 0) is 14.3 Å². The largest absolute Gasteiger partial charge is 0.466 e. The first-order chi connectivity index (χ1) is 10.0. The summed E-state index contributed by atoms with van der Waals surface area (Å²) in [5, 5.41) is 0.743. The highest BCUT2D eigenvalue weighted by molar-refractivity contribution is 8.04. The number of Topliss-reactive ketones (excluding diaryl/α,β-unsaturated/α-hetero) is 1. The molecule has 1 aliphatic heterocycles. The van der Waals surface area contributed by atoms with Gasteiger partial charge in [0, 0.05) is 5.56 Å². The Kier molecular flexibility index (Phi) is 5.03. The quantitative estimate of drug-likeness (QED) is 0.482. The van der Waals surface area contributed by atoms with Gasteiger partial charge < -0.3 is 4.74 Å². The lowest BCUT2D eigenvalue weighted by Crippen LogP contribution is -2.31. The van der Waals surface area contributed by atoms with Crippen molar-refractivity contribution < 1.29 is 19.1 Å². The van der Waals surface area contributed by atoms with E-state index in [1.807, 2.05) is 0 Å². The number of hydrogen-bond donors (Lipinski definition) is 0. The molecule has 5 nitrogen and oxygen atoms in total. The van der Waals surface area contributed by atoms with E-state index in [9.17, 15) is 14.4 Å². The summed E-state index contributed by atoms with van der Waals surface area (Å²) in [5.74, 6) is -0.885. The number of methoxy groups -OCH3 is 1. The Morgan fingerprint density at radius 3 is 2.81 bits per heavy atom. The van der Waals surface area contributed by atoms with Gasteiger partial charge in [0.15, 0.2) is 5.78 Å². The lowest BCUT2D eigenvalue weighted by Gasteiger charge is -2.16. The van der Waals surface area contributed by atoms with E-state index in [4.69, 9.17) is 11.6 Å². The Bertz CT molecular complexity index is 629. The lowest BCUT2D eigenvalue weighted by molar-refractivity contribution is -0.134. The molecule has 2 rings (SSSR count). The standard InChI is InChI=1S/C14H12ClNO4S/c1-20-14(19)6-13-16(12(18)8-21-13)7-11(17)9-4-2-3-5-10(9)15/h2-6H,7-8H2,1H3/b13-6+. The molecule has 110 valence electrons. The van der Waals surface area contributed by atoms with Gasteiger partial charge >= 0.3 is 5.97 Å². The van der Waals surface area contributed by atoms with Crippen LogP contribution in [0.2, 0.25) is 5.02 Å². The second-order valence-electron chi connectivity index (χ2n) is 4.18. The van der Waals surface area contributed by atoms with Crippen molar-refractivity contribution in [3.63, 3.8) is 0 Å². The molecule has 0 unspecified atom stereocenters.